The molecule has 6 heteroatoms. The van der Waals surface area contributed by atoms with Gasteiger partial charge in [0.05, 0.1) is 0 Å². The Morgan fingerprint density at radius 1 is 0.682 bits per heavy atom. The molecule has 1 aliphatic heterocycles. The predicted octanol–water partition coefficient (Wildman–Crippen LogP) is 5.19. The van der Waals surface area contributed by atoms with E-state index in [2.05, 4.69) is 12.1 Å². The van der Waals surface area contributed by atoms with Gasteiger partial charge in [-0.2, -0.15) is 0 Å². The zero-order valence-corrected chi connectivity index (χ0v) is 14.7. The van der Waals surface area contributed by atoms with Gasteiger partial charge in [0.2, 0.25) is 8.77 Å². The van der Waals surface area contributed by atoms with Crippen molar-refractivity contribution in [3.63, 3.8) is 0 Å². The van der Waals surface area contributed by atoms with Gasteiger partial charge >= 0.3 is 0 Å². The Morgan fingerprint density at radius 3 is 1.55 bits per heavy atom. The summed E-state index contributed by atoms with van der Waals surface area (Å²) in [6.07, 6.45) is 0. The highest BCUT2D eigenvalue weighted by Gasteiger charge is 2.14. The monoisotopic (exact) mass is 364 g/mol. The molecular formula is C16H12O2S4. The van der Waals surface area contributed by atoms with E-state index in [1.165, 1.54) is 34.7 Å². The molecule has 2 nitrogen and oxygen atoms in total. The van der Waals surface area contributed by atoms with Crippen LogP contribution in [0.4, 0.5) is 0 Å². The molecule has 0 N–H and O–H groups in total. The molecule has 0 fully saturated rings. The van der Waals surface area contributed by atoms with E-state index < -0.39 is 0 Å². The van der Waals surface area contributed by atoms with Crippen LogP contribution >= 0.6 is 48.0 Å². The number of thiocarbonyl (C=S) groups is 2. The molecule has 0 saturated heterocycles. The number of para-hydroxylation sites is 2. The summed E-state index contributed by atoms with van der Waals surface area (Å²) in [5.41, 5.74) is 2.48. The first-order valence-corrected chi connectivity index (χ1v) is 9.36. The highest BCUT2D eigenvalue weighted by atomic mass is 32.2. The number of hydrogen-bond donors (Lipinski definition) is 0. The fourth-order valence-electron chi connectivity index (χ4n) is 1.97. The maximum absolute atomic E-state index is 5.73. The number of benzene rings is 2. The van der Waals surface area contributed by atoms with Crippen LogP contribution in [-0.2, 0) is 11.5 Å². The lowest BCUT2D eigenvalue weighted by molar-refractivity contribution is 0.507. The minimum absolute atomic E-state index is 0.477. The molecule has 0 radical (unpaired) electrons. The number of fused-ring (bicyclic) bond motifs is 2. The predicted molar refractivity (Wildman–Crippen MR) is 102 cm³/mol. The summed E-state index contributed by atoms with van der Waals surface area (Å²) in [4.78, 5) is 0. The first-order chi connectivity index (χ1) is 10.7. The van der Waals surface area contributed by atoms with Crippen molar-refractivity contribution >= 4 is 56.7 Å². The van der Waals surface area contributed by atoms with Crippen molar-refractivity contribution < 1.29 is 9.47 Å². The molecule has 0 saturated carbocycles. The Bertz CT molecular complexity index is 655. The van der Waals surface area contributed by atoms with Gasteiger partial charge in [0.25, 0.3) is 0 Å². The molecule has 0 amide bonds. The lowest BCUT2D eigenvalue weighted by Crippen LogP contribution is -2.07. The van der Waals surface area contributed by atoms with Crippen molar-refractivity contribution in [2.75, 3.05) is 0 Å². The van der Waals surface area contributed by atoms with Crippen LogP contribution in [0.2, 0.25) is 0 Å². The SMILES string of the molecule is S=C1Oc2ccccc2OC(=S)SCc2ccccc2CS1. The van der Waals surface area contributed by atoms with Crippen LogP contribution < -0.4 is 9.47 Å². The summed E-state index contributed by atoms with van der Waals surface area (Å²) in [5.74, 6) is 2.75. The summed E-state index contributed by atoms with van der Waals surface area (Å²) in [5, 5.41) is 0. The van der Waals surface area contributed by atoms with Crippen molar-refractivity contribution in [2.24, 2.45) is 0 Å². The third-order valence-electron chi connectivity index (χ3n) is 3.05. The standard InChI is InChI=1S/C16H12O2S4/c19-15-17-13-7-3-4-8-14(13)18-16(20)22-10-12-6-2-1-5-11(12)9-21-15/h1-8H,9-10H2. The first-order valence-electron chi connectivity index (χ1n) is 6.57. The van der Waals surface area contributed by atoms with E-state index in [9.17, 15) is 0 Å². The molecule has 0 aliphatic carbocycles. The van der Waals surface area contributed by atoms with E-state index in [-0.39, 0.29) is 0 Å². The van der Waals surface area contributed by atoms with Crippen LogP contribution in [0.15, 0.2) is 48.5 Å². The molecule has 0 spiro atoms. The summed E-state index contributed by atoms with van der Waals surface area (Å²) in [6, 6.07) is 15.7. The molecular weight excluding hydrogens is 352 g/mol. The molecule has 3 rings (SSSR count). The van der Waals surface area contributed by atoms with Crippen LogP contribution in [0.25, 0.3) is 0 Å². The van der Waals surface area contributed by atoms with E-state index in [1.54, 1.807) is 0 Å². The summed E-state index contributed by atoms with van der Waals surface area (Å²) in [7, 11) is 0. The van der Waals surface area contributed by atoms with Gasteiger partial charge in [0.15, 0.2) is 11.5 Å². The van der Waals surface area contributed by atoms with Crippen LogP contribution in [0.3, 0.4) is 0 Å². The van der Waals surface area contributed by atoms with Gasteiger partial charge in [-0.1, -0.05) is 59.9 Å². The Hall–Kier alpha value is -1.08. The fraction of sp³-hybridized carbons (Fsp3) is 0.125. The summed E-state index contributed by atoms with van der Waals surface area (Å²) >= 11 is 13.7. The van der Waals surface area contributed by atoms with Crippen molar-refractivity contribution in [1.29, 1.82) is 0 Å². The average Bonchev–Trinajstić information content (AvgIpc) is 2.52. The molecule has 0 unspecified atom stereocenters. The van der Waals surface area contributed by atoms with Crippen LogP contribution in [0.5, 0.6) is 11.5 Å². The van der Waals surface area contributed by atoms with Gasteiger partial charge in [-0.3, -0.25) is 0 Å². The molecule has 22 heavy (non-hydrogen) atoms. The second-order valence-electron chi connectivity index (χ2n) is 4.50. The van der Waals surface area contributed by atoms with Gasteiger partial charge in [0, 0.05) is 11.5 Å². The molecule has 112 valence electrons. The fourth-order valence-corrected chi connectivity index (χ4v) is 3.91. The summed E-state index contributed by atoms with van der Waals surface area (Å²) < 4.78 is 12.4. The summed E-state index contributed by atoms with van der Waals surface area (Å²) in [6.45, 7) is 0. The van der Waals surface area contributed by atoms with Gasteiger partial charge in [0.1, 0.15) is 0 Å². The van der Waals surface area contributed by atoms with Crippen molar-refractivity contribution in [2.45, 2.75) is 11.5 Å². The molecule has 0 aromatic heterocycles. The van der Waals surface area contributed by atoms with Gasteiger partial charge in [-0.15, -0.1) is 0 Å². The van der Waals surface area contributed by atoms with E-state index in [1.807, 2.05) is 36.4 Å². The maximum Gasteiger partial charge on any atom is 0.226 e. The van der Waals surface area contributed by atoms with Gasteiger partial charge in [-0.05, 0) is 47.7 Å². The highest BCUT2D eigenvalue weighted by Crippen LogP contribution is 2.32. The number of hydrogen-bond acceptors (Lipinski definition) is 6. The van der Waals surface area contributed by atoms with Gasteiger partial charge in [-0.25, -0.2) is 0 Å². The smallest absolute Gasteiger partial charge is 0.226 e. The normalized spacial score (nSPS) is 15.5. The van der Waals surface area contributed by atoms with E-state index >= 15 is 0 Å². The average molecular weight is 365 g/mol. The Balaban J connectivity index is 1.89. The van der Waals surface area contributed by atoms with Crippen LogP contribution in [0, 0.1) is 0 Å². The molecule has 0 bridgehead atoms. The third-order valence-corrected chi connectivity index (χ3v) is 5.47. The largest absolute Gasteiger partial charge is 0.436 e. The zero-order valence-electron chi connectivity index (χ0n) is 11.5. The van der Waals surface area contributed by atoms with Gasteiger partial charge < -0.3 is 9.47 Å². The number of ether oxygens (including phenoxy) is 2. The lowest BCUT2D eigenvalue weighted by atomic mass is 10.1. The third kappa shape index (κ3) is 4.01. The highest BCUT2D eigenvalue weighted by molar-refractivity contribution is 8.22. The van der Waals surface area contributed by atoms with E-state index in [0.29, 0.717) is 20.3 Å². The number of thioether (sulfide) groups is 2. The maximum atomic E-state index is 5.73. The second-order valence-corrected chi connectivity index (χ2v) is 7.65. The minimum atomic E-state index is 0.477. The first kappa shape index (κ1) is 15.8. The topological polar surface area (TPSA) is 18.5 Å². The zero-order chi connectivity index (χ0) is 15.4. The van der Waals surface area contributed by atoms with Crippen molar-refractivity contribution in [1.82, 2.24) is 0 Å². The van der Waals surface area contributed by atoms with Crippen LogP contribution in [-0.4, -0.2) is 8.77 Å². The quantitative estimate of drug-likeness (QED) is 0.594. The second kappa shape index (κ2) is 7.46. The molecule has 2 aromatic carbocycles. The Labute approximate surface area is 148 Å². The minimum Gasteiger partial charge on any atom is -0.436 e. The number of rotatable bonds is 0. The molecule has 0 atom stereocenters. The van der Waals surface area contributed by atoms with Crippen molar-refractivity contribution in [3.05, 3.63) is 59.7 Å². The van der Waals surface area contributed by atoms with Crippen molar-refractivity contribution in [3.8, 4) is 11.5 Å². The Morgan fingerprint density at radius 2 is 1.09 bits per heavy atom. The van der Waals surface area contributed by atoms with Crippen LogP contribution in [0.1, 0.15) is 11.1 Å². The van der Waals surface area contributed by atoms with E-state index in [0.717, 1.165) is 11.5 Å². The molecule has 1 heterocycles. The molecule has 2 aromatic rings. The Kier molecular flexibility index (Phi) is 5.36. The molecule has 1 aliphatic rings. The van der Waals surface area contributed by atoms with E-state index in [4.69, 9.17) is 33.9 Å². The lowest BCUT2D eigenvalue weighted by Gasteiger charge is -2.15.